The maximum atomic E-state index is 12.2. The van der Waals surface area contributed by atoms with Crippen LogP contribution in [-0.4, -0.2) is 26.0 Å². The second-order valence-electron chi connectivity index (χ2n) is 4.86. The normalized spacial score (nSPS) is 11.1. The Hall–Kier alpha value is -2.58. The highest BCUT2D eigenvalue weighted by molar-refractivity contribution is 7.85. The fourth-order valence-corrected chi connectivity index (χ4v) is 2.41. The molecule has 0 radical (unpaired) electrons. The van der Waals surface area contributed by atoms with Gasteiger partial charge in [-0.2, -0.15) is 8.42 Å². The van der Waals surface area contributed by atoms with E-state index in [9.17, 15) is 13.2 Å². The number of rotatable bonds is 4. The molecule has 0 heterocycles. The number of hydrogen-bond acceptors (Lipinski definition) is 5. The van der Waals surface area contributed by atoms with Gasteiger partial charge < -0.3 is 15.8 Å². The van der Waals surface area contributed by atoms with Gasteiger partial charge in [-0.3, -0.25) is 9.35 Å². The van der Waals surface area contributed by atoms with Crippen molar-refractivity contribution in [1.29, 1.82) is 0 Å². The molecule has 7 nitrogen and oxygen atoms in total. The van der Waals surface area contributed by atoms with Gasteiger partial charge >= 0.3 is 0 Å². The summed E-state index contributed by atoms with van der Waals surface area (Å²) in [7, 11) is -3.03. The summed E-state index contributed by atoms with van der Waals surface area (Å²) in [6, 6.07) is 8.51. The van der Waals surface area contributed by atoms with Crippen LogP contribution in [-0.2, 0) is 10.1 Å². The second kappa shape index (κ2) is 6.27. The Morgan fingerprint density at radius 3 is 2.48 bits per heavy atom. The number of benzene rings is 2. The lowest BCUT2D eigenvalue weighted by Crippen LogP contribution is -2.13. The zero-order chi connectivity index (χ0) is 17.2. The van der Waals surface area contributed by atoms with E-state index >= 15 is 0 Å². The van der Waals surface area contributed by atoms with Gasteiger partial charge in [0.25, 0.3) is 16.0 Å². The van der Waals surface area contributed by atoms with Gasteiger partial charge in [-0.05, 0) is 36.8 Å². The summed E-state index contributed by atoms with van der Waals surface area (Å²) in [5, 5.41) is 2.61. The van der Waals surface area contributed by atoms with Crippen molar-refractivity contribution >= 4 is 27.4 Å². The molecule has 0 aliphatic carbocycles. The Balaban J connectivity index is 2.32. The van der Waals surface area contributed by atoms with Gasteiger partial charge in [0.1, 0.15) is 5.75 Å². The van der Waals surface area contributed by atoms with Crippen LogP contribution < -0.4 is 15.8 Å². The van der Waals surface area contributed by atoms with Crippen LogP contribution in [0.3, 0.4) is 0 Å². The van der Waals surface area contributed by atoms with Crippen molar-refractivity contribution in [2.24, 2.45) is 0 Å². The first kappa shape index (κ1) is 16.8. The van der Waals surface area contributed by atoms with Gasteiger partial charge in [0, 0.05) is 17.3 Å². The van der Waals surface area contributed by atoms with Crippen LogP contribution in [0.5, 0.6) is 5.75 Å². The molecule has 23 heavy (non-hydrogen) atoms. The van der Waals surface area contributed by atoms with Crippen molar-refractivity contribution in [2.45, 2.75) is 11.8 Å². The third-order valence-corrected chi connectivity index (χ3v) is 4.11. The predicted molar refractivity (Wildman–Crippen MR) is 86.4 cm³/mol. The maximum Gasteiger partial charge on any atom is 0.294 e. The topological polar surface area (TPSA) is 119 Å². The van der Waals surface area contributed by atoms with Crippen molar-refractivity contribution in [2.75, 3.05) is 18.2 Å². The number of carbonyl (C=O) groups is 1. The Labute approximate surface area is 133 Å². The summed E-state index contributed by atoms with van der Waals surface area (Å²) in [5.74, 6) is -0.317. The minimum Gasteiger partial charge on any atom is -0.495 e. The van der Waals surface area contributed by atoms with Crippen LogP contribution in [0.25, 0.3) is 0 Å². The smallest absolute Gasteiger partial charge is 0.294 e. The van der Waals surface area contributed by atoms with E-state index in [1.807, 2.05) is 6.92 Å². The number of ether oxygens (including phenoxy) is 1. The molecule has 0 aliphatic heterocycles. The summed E-state index contributed by atoms with van der Waals surface area (Å²) in [6.07, 6.45) is 0. The van der Waals surface area contributed by atoms with Crippen LogP contribution in [0.1, 0.15) is 15.9 Å². The zero-order valence-electron chi connectivity index (χ0n) is 12.5. The molecule has 0 saturated carbocycles. The van der Waals surface area contributed by atoms with Crippen molar-refractivity contribution in [3.63, 3.8) is 0 Å². The summed E-state index contributed by atoms with van der Waals surface area (Å²) in [6.45, 7) is 1.83. The number of nitrogens with one attached hydrogen (secondary N) is 1. The molecule has 1 amide bonds. The Kier molecular flexibility index (Phi) is 4.57. The molecular formula is C15H16N2O5S. The molecule has 0 spiro atoms. The van der Waals surface area contributed by atoms with Crippen molar-refractivity contribution in [1.82, 2.24) is 0 Å². The second-order valence-corrected chi connectivity index (χ2v) is 6.28. The third-order valence-electron chi connectivity index (χ3n) is 3.26. The number of nitrogens with two attached hydrogens (primary N) is 1. The molecule has 0 fully saturated rings. The highest BCUT2D eigenvalue weighted by Crippen LogP contribution is 2.28. The van der Waals surface area contributed by atoms with Crippen LogP contribution >= 0.6 is 0 Å². The zero-order valence-corrected chi connectivity index (χ0v) is 13.3. The fraction of sp³-hybridized carbons (Fsp3) is 0.133. The maximum absolute atomic E-state index is 12.2. The number of carbonyl (C=O) groups excluding carboxylic acids is 1. The van der Waals surface area contributed by atoms with Gasteiger partial charge in [-0.25, -0.2) is 0 Å². The van der Waals surface area contributed by atoms with Gasteiger partial charge in [0.2, 0.25) is 0 Å². The molecule has 8 heteroatoms. The number of anilines is 2. The molecule has 2 aromatic rings. The number of hydrogen-bond donors (Lipinski definition) is 3. The Morgan fingerprint density at radius 2 is 1.91 bits per heavy atom. The highest BCUT2D eigenvalue weighted by atomic mass is 32.2. The Bertz CT molecular complexity index is 862. The van der Waals surface area contributed by atoms with Crippen LogP contribution in [0.2, 0.25) is 0 Å². The molecule has 4 N–H and O–H groups in total. The first-order valence-electron chi connectivity index (χ1n) is 6.55. The summed E-state index contributed by atoms with van der Waals surface area (Å²) in [4.78, 5) is 11.9. The highest BCUT2D eigenvalue weighted by Gasteiger charge is 2.15. The molecule has 0 aromatic heterocycles. The average Bonchev–Trinajstić information content (AvgIpc) is 2.49. The molecule has 2 aromatic carbocycles. The minimum absolute atomic E-state index is 0.105. The number of aryl methyl sites for hydroxylation is 1. The van der Waals surface area contributed by atoms with E-state index in [-0.39, 0.29) is 16.3 Å². The predicted octanol–water partition coefficient (Wildman–Crippen LogP) is 2.08. The average molecular weight is 336 g/mol. The number of nitrogen functional groups attached to an aromatic ring is 1. The van der Waals surface area contributed by atoms with Crippen molar-refractivity contribution < 1.29 is 22.5 Å². The molecule has 0 unspecified atom stereocenters. The minimum atomic E-state index is -4.35. The molecule has 2 rings (SSSR count). The monoisotopic (exact) mass is 336 g/mol. The van der Waals surface area contributed by atoms with E-state index in [0.29, 0.717) is 11.3 Å². The summed E-state index contributed by atoms with van der Waals surface area (Å²) >= 11 is 0. The lowest BCUT2D eigenvalue weighted by Gasteiger charge is -2.12. The largest absolute Gasteiger partial charge is 0.495 e. The van der Waals surface area contributed by atoms with Crippen molar-refractivity contribution in [3.8, 4) is 5.75 Å². The first-order chi connectivity index (χ1) is 10.7. The number of methoxy groups -OCH3 is 1. The molecule has 0 aliphatic rings. The van der Waals surface area contributed by atoms with Crippen LogP contribution in [0.4, 0.5) is 11.4 Å². The van der Waals surface area contributed by atoms with Crippen LogP contribution in [0.15, 0.2) is 41.3 Å². The lowest BCUT2D eigenvalue weighted by molar-refractivity contribution is 0.102. The lowest BCUT2D eigenvalue weighted by atomic mass is 10.1. The molecule has 0 bridgehead atoms. The first-order valence-corrected chi connectivity index (χ1v) is 7.99. The van der Waals surface area contributed by atoms with E-state index < -0.39 is 16.0 Å². The SMILES string of the molecule is COc1cc(S(=O)(=O)O)ccc1NC(=O)c1ccc(C)c(N)c1. The fourth-order valence-electron chi connectivity index (χ4n) is 1.91. The molecule has 0 saturated heterocycles. The van der Waals surface area contributed by atoms with E-state index in [4.69, 9.17) is 15.0 Å². The van der Waals surface area contributed by atoms with E-state index in [0.717, 1.165) is 17.7 Å². The molecular weight excluding hydrogens is 320 g/mol. The Morgan fingerprint density at radius 1 is 1.22 bits per heavy atom. The standard InChI is InChI=1S/C15H16N2O5S/c1-9-3-4-10(7-12(9)16)15(18)17-13-6-5-11(23(19,20)21)8-14(13)22-2/h3-8H,16H2,1-2H3,(H,17,18)(H,19,20,21). The molecule has 122 valence electrons. The van der Waals surface area contributed by atoms with Gasteiger partial charge in [0.15, 0.2) is 0 Å². The van der Waals surface area contributed by atoms with Gasteiger partial charge in [-0.15, -0.1) is 0 Å². The van der Waals surface area contributed by atoms with Gasteiger partial charge in [0.05, 0.1) is 17.7 Å². The molecule has 0 atom stereocenters. The van der Waals surface area contributed by atoms with Crippen LogP contribution in [0, 0.1) is 6.92 Å². The number of amides is 1. The quantitative estimate of drug-likeness (QED) is 0.581. The van der Waals surface area contributed by atoms with Crippen molar-refractivity contribution in [3.05, 3.63) is 47.5 Å². The van der Waals surface area contributed by atoms with Gasteiger partial charge in [-0.1, -0.05) is 6.07 Å². The van der Waals surface area contributed by atoms with E-state index in [1.165, 1.54) is 13.2 Å². The van der Waals surface area contributed by atoms with E-state index in [2.05, 4.69) is 5.32 Å². The third kappa shape index (κ3) is 3.79. The summed E-state index contributed by atoms with van der Waals surface area (Å²) < 4.78 is 36.3. The van der Waals surface area contributed by atoms with E-state index in [1.54, 1.807) is 18.2 Å². The summed E-state index contributed by atoms with van der Waals surface area (Å²) in [5.41, 5.74) is 7.75.